The standard InChI is InChI=1S/C12H16OS/c1-8(2)10-11-9(3-6-14-11)12(4-5-12)7-13-10/h3,6,8,10H,4-5,7H2,1-2H3. The van der Waals surface area contributed by atoms with Crippen molar-refractivity contribution >= 4 is 11.3 Å². The zero-order valence-electron chi connectivity index (χ0n) is 8.75. The zero-order valence-corrected chi connectivity index (χ0v) is 9.56. The maximum Gasteiger partial charge on any atom is 0.0942 e. The van der Waals surface area contributed by atoms with Crippen molar-refractivity contribution < 1.29 is 4.74 Å². The molecule has 2 heterocycles. The summed E-state index contributed by atoms with van der Waals surface area (Å²) in [4.78, 5) is 1.50. The summed E-state index contributed by atoms with van der Waals surface area (Å²) in [6.07, 6.45) is 3.03. The number of hydrogen-bond donors (Lipinski definition) is 0. The van der Waals surface area contributed by atoms with Gasteiger partial charge < -0.3 is 4.74 Å². The van der Waals surface area contributed by atoms with Crippen LogP contribution >= 0.6 is 11.3 Å². The molecule has 2 heteroatoms. The number of rotatable bonds is 1. The van der Waals surface area contributed by atoms with E-state index in [0.29, 0.717) is 17.4 Å². The Morgan fingerprint density at radius 2 is 2.29 bits per heavy atom. The van der Waals surface area contributed by atoms with Crippen LogP contribution in [0.4, 0.5) is 0 Å². The number of ether oxygens (including phenoxy) is 1. The predicted octanol–water partition coefficient (Wildman–Crippen LogP) is 3.51. The van der Waals surface area contributed by atoms with E-state index in [2.05, 4.69) is 25.3 Å². The van der Waals surface area contributed by atoms with E-state index in [0.717, 1.165) is 6.61 Å². The van der Waals surface area contributed by atoms with E-state index in [1.807, 2.05) is 11.3 Å². The average Bonchev–Trinajstić information content (AvgIpc) is 2.75. The normalized spacial score (nSPS) is 28.1. The van der Waals surface area contributed by atoms with Crippen LogP contribution in [0.15, 0.2) is 11.4 Å². The number of hydrogen-bond acceptors (Lipinski definition) is 2. The van der Waals surface area contributed by atoms with Gasteiger partial charge in [-0.05, 0) is 35.8 Å². The Labute approximate surface area is 89.1 Å². The molecule has 1 atom stereocenters. The molecular weight excluding hydrogens is 192 g/mol. The molecule has 1 aromatic heterocycles. The first-order valence-corrected chi connectivity index (χ1v) is 6.30. The van der Waals surface area contributed by atoms with E-state index in [1.54, 1.807) is 5.56 Å². The molecule has 0 saturated heterocycles. The van der Waals surface area contributed by atoms with Crippen LogP contribution < -0.4 is 0 Å². The second kappa shape index (κ2) is 2.83. The van der Waals surface area contributed by atoms with Gasteiger partial charge in [-0.15, -0.1) is 11.3 Å². The smallest absolute Gasteiger partial charge is 0.0942 e. The molecule has 0 amide bonds. The lowest BCUT2D eigenvalue weighted by molar-refractivity contribution is -0.00350. The fourth-order valence-corrected chi connectivity index (χ4v) is 3.68. The average molecular weight is 208 g/mol. The molecule has 0 aromatic carbocycles. The molecule has 1 spiro atoms. The van der Waals surface area contributed by atoms with Gasteiger partial charge in [-0.25, -0.2) is 0 Å². The summed E-state index contributed by atoms with van der Waals surface area (Å²) in [5, 5.41) is 2.23. The topological polar surface area (TPSA) is 9.23 Å². The van der Waals surface area contributed by atoms with Crippen molar-refractivity contribution in [3.63, 3.8) is 0 Å². The molecule has 1 aromatic rings. The van der Waals surface area contributed by atoms with Crippen LogP contribution in [-0.2, 0) is 10.2 Å². The number of thiophene rings is 1. The van der Waals surface area contributed by atoms with Crippen LogP contribution in [0.1, 0.15) is 43.2 Å². The van der Waals surface area contributed by atoms with E-state index in [9.17, 15) is 0 Å². The first-order valence-electron chi connectivity index (χ1n) is 5.42. The minimum Gasteiger partial charge on any atom is -0.371 e. The van der Waals surface area contributed by atoms with Crippen LogP contribution in [0, 0.1) is 5.92 Å². The fourth-order valence-electron chi connectivity index (χ4n) is 2.44. The van der Waals surface area contributed by atoms with Gasteiger partial charge in [0.1, 0.15) is 0 Å². The van der Waals surface area contributed by atoms with Crippen molar-refractivity contribution in [1.82, 2.24) is 0 Å². The summed E-state index contributed by atoms with van der Waals surface area (Å²) >= 11 is 1.88. The van der Waals surface area contributed by atoms with Gasteiger partial charge in [0, 0.05) is 10.3 Å². The van der Waals surface area contributed by atoms with Crippen molar-refractivity contribution in [2.24, 2.45) is 5.92 Å². The molecule has 1 aliphatic heterocycles. The third kappa shape index (κ3) is 1.10. The van der Waals surface area contributed by atoms with E-state index in [4.69, 9.17) is 4.74 Å². The van der Waals surface area contributed by atoms with Gasteiger partial charge in [0.2, 0.25) is 0 Å². The highest BCUT2D eigenvalue weighted by Gasteiger charge is 2.50. The highest BCUT2D eigenvalue weighted by molar-refractivity contribution is 7.10. The van der Waals surface area contributed by atoms with Gasteiger partial charge in [-0.3, -0.25) is 0 Å². The van der Waals surface area contributed by atoms with Crippen molar-refractivity contribution in [1.29, 1.82) is 0 Å². The molecule has 1 aliphatic carbocycles. The molecule has 0 bridgehead atoms. The predicted molar refractivity (Wildman–Crippen MR) is 58.8 cm³/mol. The van der Waals surface area contributed by atoms with E-state index in [1.165, 1.54) is 17.7 Å². The maximum atomic E-state index is 6.01. The molecule has 76 valence electrons. The van der Waals surface area contributed by atoms with E-state index < -0.39 is 0 Å². The van der Waals surface area contributed by atoms with Crippen LogP contribution in [0.25, 0.3) is 0 Å². The Hall–Kier alpha value is -0.340. The summed E-state index contributed by atoms with van der Waals surface area (Å²) in [6, 6.07) is 2.32. The Morgan fingerprint density at radius 1 is 1.50 bits per heavy atom. The summed E-state index contributed by atoms with van der Waals surface area (Å²) < 4.78 is 6.01. The SMILES string of the molecule is CC(C)C1OCC2(CC2)c2ccsc21. The van der Waals surface area contributed by atoms with Gasteiger partial charge in [-0.2, -0.15) is 0 Å². The van der Waals surface area contributed by atoms with Crippen molar-refractivity contribution in [3.8, 4) is 0 Å². The van der Waals surface area contributed by atoms with Crippen molar-refractivity contribution in [2.45, 2.75) is 38.2 Å². The largest absolute Gasteiger partial charge is 0.371 e. The Kier molecular flexibility index (Phi) is 1.80. The van der Waals surface area contributed by atoms with Crippen molar-refractivity contribution in [2.75, 3.05) is 6.61 Å². The third-order valence-corrected chi connectivity index (χ3v) is 4.50. The van der Waals surface area contributed by atoms with Crippen LogP contribution in [-0.4, -0.2) is 6.61 Å². The third-order valence-electron chi connectivity index (χ3n) is 3.52. The Bertz CT molecular complexity index is 349. The first kappa shape index (κ1) is 8.93. The lowest BCUT2D eigenvalue weighted by atomic mass is 9.90. The molecule has 1 fully saturated rings. The molecule has 0 radical (unpaired) electrons. The molecule has 3 rings (SSSR count). The first-order chi connectivity index (χ1) is 6.73. The number of fused-ring (bicyclic) bond motifs is 2. The van der Waals surface area contributed by atoms with Gasteiger partial charge in [0.25, 0.3) is 0 Å². The van der Waals surface area contributed by atoms with Gasteiger partial charge in [0.05, 0.1) is 12.7 Å². The second-order valence-electron chi connectivity index (χ2n) is 4.95. The molecule has 1 nitrogen and oxygen atoms in total. The van der Waals surface area contributed by atoms with Crippen LogP contribution in [0.5, 0.6) is 0 Å². The van der Waals surface area contributed by atoms with Crippen LogP contribution in [0.3, 0.4) is 0 Å². The molecule has 14 heavy (non-hydrogen) atoms. The summed E-state index contributed by atoms with van der Waals surface area (Å²) in [5.41, 5.74) is 2.05. The van der Waals surface area contributed by atoms with Gasteiger partial charge in [0.15, 0.2) is 0 Å². The summed E-state index contributed by atoms with van der Waals surface area (Å²) in [7, 11) is 0. The van der Waals surface area contributed by atoms with Crippen LogP contribution in [0.2, 0.25) is 0 Å². The fraction of sp³-hybridized carbons (Fsp3) is 0.667. The van der Waals surface area contributed by atoms with Crippen molar-refractivity contribution in [3.05, 3.63) is 21.9 Å². The summed E-state index contributed by atoms with van der Waals surface area (Å²) in [5.74, 6) is 0.600. The van der Waals surface area contributed by atoms with Gasteiger partial charge >= 0.3 is 0 Å². The maximum absolute atomic E-state index is 6.01. The lowest BCUT2D eigenvalue weighted by Crippen LogP contribution is -2.27. The second-order valence-corrected chi connectivity index (χ2v) is 5.90. The minimum atomic E-state index is 0.358. The monoisotopic (exact) mass is 208 g/mol. The molecule has 1 unspecified atom stereocenters. The summed E-state index contributed by atoms with van der Waals surface area (Å²) in [6.45, 7) is 5.46. The Morgan fingerprint density at radius 3 is 2.93 bits per heavy atom. The lowest BCUT2D eigenvalue weighted by Gasteiger charge is -2.31. The van der Waals surface area contributed by atoms with Gasteiger partial charge in [-0.1, -0.05) is 13.8 Å². The highest BCUT2D eigenvalue weighted by Crippen LogP contribution is 2.56. The molecular formula is C12H16OS. The zero-order chi connectivity index (χ0) is 9.76. The van der Waals surface area contributed by atoms with E-state index >= 15 is 0 Å². The highest BCUT2D eigenvalue weighted by atomic mass is 32.1. The molecule has 2 aliphatic rings. The molecule has 1 saturated carbocycles. The Balaban J connectivity index is 2.04. The minimum absolute atomic E-state index is 0.358. The molecule has 0 N–H and O–H groups in total. The quantitative estimate of drug-likeness (QED) is 0.686. The van der Waals surface area contributed by atoms with E-state index in [-0.39, 0.29) is 0 Å².